The van der Waals surface area contributed by atoms with Gasteiger partial charge >= 0.3 is 0 Å². The van der Waals surface area contributed by atoms with Crippen LogP contribution < -0.4 is 19.5 Å². The van der Waals surface area contributed by atoms with Crippen LogP contribution in [0, 0.1) is 6.92 Å². The summed E-state index contributed by atoms with van der Waals surface area (Å²) in [5.41, 5.74) is 2.31. The van der Waals surface area contributed by atoms with E-state index in [0.717, 1.165) is 10.9 Å². The lowest BCUT2D eigenvalue weighted by Crippen LogP contribution is -2.15. The summed E-state index contributed by atoms with van der Waals surface area (Å²) in [6.45, 7) is 1.79. The SMILES string of the molecule is COc1ccc2nc(C)c(C(=O)Nc3cc(OC)c(Cl)cc3OC)cc2c1. The number of fused-ring (bicyclic) bond motifs is 1. The third kappa shape index (κ3) is 3.75. The first-order chi connectivity index (χ1) is 13.0. The van der Waals surface area contributed by atoms with Crippen LogP contribution in [0.5, 0.6) is 17.2 Å². The molecule has 3 rings (SSSR count). The second-order valence-corrected chi connectivity index (χ2v) is 6.23. The number of amides is 1. The molecule has 2 aromatic carbocycles. The normalized spacial score (nSPS) is 10.6. The van der Waals surface area contributed by atoms with Gasteiger partial charge in [-0.15, -0.1) is 0 Å². The minimum absolute atomic E-state index is 0.313. The predicted octanol–water partition coefficient (Wildman–Crippen LogP) is 4.47. The largest absolute Gasteiger partial charge is 0.497 e. The van der Waals surface area contributed by atoms with Crippen LogP contribution in [0.1, 0.15) is 16.1 Å². The molecule has 0 saturated heterocycles. The van der Waals surface area contributed by atoms with Gasteiger partial charge in [-0.25, -0.2) is 0 Å². The van der Waals surface area contributed by atoms with Crippen LogP contribution in [-0.2, 0) is 0 Å². The second kappa shape index (κ2) is 7.72. The smallest absolute Gasteiger partial charge is 0.257 e. The van der Waals surface area contributed by atoms with E-state index in [2.05, 4.69) is 10.3 Å². The average Bonchev–Trinajstić information content (AvgIpc) is 2.67. The number of methoxy groups -OCH3 is 3. The topological polar surface area (TPSA) is 69.7 Å². The van der Waals surface area contributed by atoms with Gasteiger partial charge in [-0.2, -0.15) is 0 Å². The fourth-order valence-electron chi connectivity index (χ4n) is 2.76. The van der Waals surface area contributed by atoms with Gasteiger partial charge in [0.2, 0.25) is 0 Å². The summed E-state index contributed by atoms with van der Waals surface area (Å²) in [5, 5.41) is 4.04. The van der Waals surface area contributed by atoms with Crippen LogP contribution in [0.25, 0.3) is 10.9 Å². The van der Waals surface area contributed by atoms with Crippen molar-refractivity contribution in [2.24, 2.45) is 0 Å². The van der Waals surface area contributed by atoms with Crippen molar-refractivity contribution in [1.82, 2.24) is 4.98 Å². The molecule has 0 aliphatic heterocycles. The molecular formula is C20H19ClN2O4. The summed E-state index contributed by atoms with van der Waals surface area (Å²) in [4.78, 5) is 17.4. The zero-order valence-electron chi connectivity index (χ0n) is 15.4. The van der Waals surface area contributed by atoms with Crippen LogP contribution >= 0.6 is 11.6 Å². The van der Waals surface area contributed by atoms with Gasteiger partial charge < -0.3 is 19.5 Å². The zero-order valence-corrected chi connectivity index (χ0v) is 16.2. The summed E-state index contributed by atoms with van der Waals surface area (Å²) in [6.07, 6.45) is 0. The van der Waals surface area contributed by atoms with E-state index in [1.807, 2.05) is 18.2 Å². The van der Waals surface area contributed by atoms with Crippen LogP contribution in [0.4, 0.5) is 5.69 Å². The molecule has 6 nitrogen and oxygen atoms in total. The number of nitrogens with one attached hydrogen (secondary N) is 1. The molecule has 1 N–H and O–H groups in total. The van der Waals surface area contributed by atoms with Gasteiger partial charge in [-0.05, 0) is 31.2 Å². The first kappa shape index (κ1) is 18.8. The van der Waals surface area contributed by atoms with Crippen LogP contribution in [0.3, 0.4) is 0 Å². The summed E-state index contributed by atoms with van der Waals surface area (Å²) in [7, 11) is 4.60. The van der Waals surface area contributed by atoms with Gasteiger partial charge in [0.05, 0.1) is 48.8 Å². The average molecular weight is 387 g/mol. The lowest BCUT2D eigenvalue weighted by Gasteiger charge is -2.14. The van der Waals surface area contributed by atoms with Crippen molar-refractivity contribution < 1.29 is 19.0 Å². The lowest BCUT2D eigenvalue weighted by atomic mass is 10.1. The number of nitrogens with zero attached hydrogens (tertiary/aromatic N) is 1. The maximum absolute atomic E-state index is 12.9. The molecule has 0 bridgehead atoms. The highest BCUT2D eigenvalue weighted by Gasteiger charge is 2.16. The number of anilines is 1. The Kier molecular flexibility index (Phi) is 5.37. The number of benzene rings is 2. The van der Waals surface area contributed by atoms with E-state index in [4.69, 9.17) is 25.8 Å². The van der Waals surface area contributed by atoms with E-state index in [9.17, 15) is 4.79 Å². The standard InChI is InChI=1S/C20H19ClN2O4/c1-11-14(8-12-7-13(25-2)5-6-16(12)22-11)20(24)23-17-10-18(26-3)15(21)9-19(17)27-4/h5-10H,1-4H3,(H,23,24). The van der Waals surface area contributed by atoms with E-state index in [0.29, 0.717) is 39.2 Å². The molecule has 0 radical (unpaired) electrons. The molecule has 0 aliphatic carbocycles. The molecule has 3 aromatic rings. The van der Waals surface area contributed by atoms with Crippen molar-refractivity contribution in [1.29, 1.82) is 0 Å². The summed E-state index contributed by atoms with van der Waals surface area (Å²) in [5.74, 6) is 1.25. The van der Waals surface area contributed by atoms with Crippen LogP contribution in [-0.4, -0.2) is 32.2 Å². The molecule has 1 amide bonds. The Labute approximate surface area is 162 Å². The van der Waals surface area contributed by atoms with Crippen molar-refractivity contribution in [3.05, 3.63) is 52.7 Å². The van der Waals surface area contributed by atoms with Crippen molar-refractivity contribution in [3.63, 3.8) is 0 Å². The van der Waals surface area contributed by atoms with Crippen LogP contribution in [0.2, 0.25) is 5.02 Å². The van der Waals surface area contributed by atoms with Crippen molar-refractivity contribution in [2.75, 3.05) is 26.6 Å². The Morgan fingerprint density at radius 1 is 1.00 bits per heavy atom. The predicted molar refractivity (Wildman–Crippen MR) is 106 cm³/mol. The highest BCUT2D eigenvalue weighted by Crippen LogP contribution is 2.36. The molecule has 0 aliphatic rings. The summed E-state index contributed by atoms with van der Waals surface area (Å²) in [6, 6.07) is 10.5. The van der Waals surface area contributed by atoms with Gasteiger partial charge in [0.25, 0.3) is 5.91 Å². The van der Waals surface area contributed by atoms with Gasteiger partial charge in [0.15, 0.2) is 0 Å². The number of hydrogen-bond donors (Lipinski definition) is 1. The molecule has 0 fully saturated rings. The highest BCUT2D eigenvalue weighted by atomic mass is 35.5. The van der Waals surface area contributed by atoms with E-state index in [1.54, 1.807) is 32.2 Å². The molecule has 0 atom stereocenters. The summed E-state index contributed by atoms with van der Waals surface area (Å²) < 4.78 is 15.8. The second-order valence-electron chi connectivity index (χ2n) is 5.82. The number of halogens is 1. The van der Waals surface area contributed by atoms with Crippen molar-refractivity contribution in [3.8, 4) is 17.2 Å². The minimum Gasteiger partial charge on any atom is -0.497 e. The van der Waals surface area contributed by atoms with Crippen molar-refractivity contribution >= 4 is 34.1 Å². The van der Waals surface area contributed by atoms with E-state index >= 15 is 0 Å². The Bertz CT molecular complexity index is 1020. The number of rotatable bonds is 5. The molecule has 0 saturated carbocycles. The number of ether oxygens (including phenoxy) is 3. The van der Waals surface area contributed by atoms with E-state index in [1.165, 1.54) is 14.2 Å². The molecule has 140 valence electrons. The number of pyridine rings is 1. The monoisotopic (exact) mass is 386 g/mol. The van der Waals surface area contributed by atoms with E-state index in [-0.39, 0.29) is 5.91 Å². The maximum atomic E-state index is 12.9. The fraction of sp³-hybridized carbons (Fsp3) is 0.200. The molecule has 1 aromatic heterocycles. The van der Waals surface area contributed by atoms with Gasteiger partial charge in [-0.1, -0.05) is 11.6 Å². The number of aromatic nitrogens is 1. The van der Waals surface area contributed by atoms with Crippen molar-refractivity contribution in [2.45, 2.75) is 6.92 Å². The third-order valence-corrected chi connectivity index (χ3v) is 4.47. The molecule has 1 heterocycles. The first-order valence-corrected chi connectivity index (χ1v) is 8.53. The Morgan fingerprint density at radius 2 is 1.74 bits per heavy atom. The quantitative estimate of drug-likeness (QED) is 0.700. The van der Waals surface area contributed by atoms with Gasteiger partial charge in [-0.3, -0.25) is 9.78 Å². The lowest BCUT2D eigenvalue weighted by molar-refractivity contribution is 0.102. The minimum atomic E-state index is -0.313. The molecule has 27 heavy (non-hydrogen) atoms. The van der Waals surface area contributed by atoms with Crippen LogP contribution in [0.15, 0.2) is 36.4 Å². The first-order valence-electron chi connectivity index (χ1n) is 8.15. The molecule has 0 unspecified atom stereocenters. The Hall–Kier alpha value is -2.99. The Morgan fingerprint density at radius 3 is 2.41 bits per heavy atom. The van der Waals surface area contributed by atoms with Gasteiger partial charge in [0, 0.05) is 17.5 Å². The zero-order chi connectivity index (χ0) is 19.6. The number of hydrogen-bond acceptors (Lipinski definition) is 5. The highest BCUT2D eigenvalue weighted by molar-refractivity contribution is 6.32. The number of aryl methyl sites for hydroxylation is 1. The molecular weight excluding hydrogens is 368 g/mol. The summed E-state index contributed by atoms with van der Waals surface area (Å²) >= 11 is 6.11. The molecule has 0 spiro atoms. The number of carbonyl (C=O) groups excluding carboxylic acids is 1. The van der Waals surface area contributed by atoms with Gasteiger partial charge in [0.1, 0.15) is 17.2 Å². The Balaban J connectivity index is 2.00. The number of carbonyl (C=O) groups is 1. The fourth-order valence-corrected chi connectivity index (χ4v) is 2.99. The van der Waals surface area contributed by atoms with E-state index < -0.39 is 0 Å². The third-order valence-electron chi connectivity index (χ3n) is 4.18. The maximum Gasteiger partial charge on any atom is 0.257 e. The molecule has 7 heteroatoms.